The highest BCUT2D eigenvalue weighted by Crippen LogP contribution is 2.24. The van der Waals surface area contributed by atoms with Crippen molar-refractivity contribution in [1.82, 2.24) is 9.97 Å². The van der Waals surface area contributed by atoms with Crippen LogP contribution in [0.15, 0.2) is 18.3 Å². The van der Waals surface area contributed by atoms with Crippen molar-refractivity contribution in [2.24, 2.45) is 0 Å². The molecule has 2 aromatic rings. The fourth-order valence-corrected chi connectivity index (χ4v) is 1.84. The van der Waals surface area contributed by atoms with Gasteiger partial charge in [0, 0.05) is 23.9 Å². The molecule has 0 spiro atoms. The third kappa shape index (κ3) is 0.971. The molecule has 0 saturated heterocycles. The zero-order chi connectivity index (χ0) is 8.67. The molecule has 1 aliphatic rings. The van der Waals surface area contributed by atoms with Gasteiger partial charge in [0.15, 0.2) is 0 Å². The maximum absolute atomic E-state index is 5.40. The van der Waals surface area contributed by atoms with Crippen molar-refractivity contribution in [3.05, 3.63) is 29.6 Å². The summed E-state index contributed by atoms with van der Waals surface area (Å²) >= 11 is 0. The second-order valence-corrected chi connectivity index (χ2v) is 3.28. The van der Waals surface area contributed by atoms with E-state index in [2.05, 4.69) is 16.0 Å². The van der Waals surface area contributed by atoms with Gasteiger partial charge in [-0.15, -0.1) is 0 Å². The van der Waals surface area contributed by atoms with Crippen molar-refractivity contribution < 1.29 is 4.74 Å². The average Bonchev–Trinajstić information content (AvgIpc) is 2.56. The van der Waals surface area contributed by atoms with Gasteiger partial charge in [-0.3, -0.25) is 4.98 Å². The van der Waals surface area contributed by atoms with Crippen LogP contribution in [0.25, 0.3) is 11.0 Å². The molecule has 66 valence electrons. The molecule has 0 saturated carbocycles. The van der Waals surface area contributed by atoms with E-state index in [1.165, 1.54) is 11.3 Å². The van der Waals surface area contributed by atoms with Crippen LogP contribution in [0.4, 0.5) is 0 Å². The van der Waals surface area contributed by atoms with Crippen molar-refractivity contribution in [2.45, 2.75) is 13.0 Å². The second-order valence-electron chi connectivity index (χ2n) is 3.28. The number of nitrogens with one attached hydrogen (secondary N) is 1. The van der Waals surface area contributed by atoms with Crippen molar-refractivity contribution in [3.63, 3.8) is 0 Å². The molecule has 3 rings (SSSR count). The van der Waals surface area contributed by atoms with E-state index < -0.39 is 0 Å². The first-order valence-electron chi connectivity index (χ1n) is 4.47. The molecule has 3 heteroatoms. The molecule has 0 bridgehead atoms. The van der Waals surface area contributed by atoms with Crippen LogP contribution in [0, 0.1) is 0 Å². The number of aromatic nitrogens is 2. The van der Waals surface area contributed by atoms with Gasteiger partial charge < -0.3 is 9.72 Å². The molecule has 0 amide bonds. The Balaban J connectivity index is 2.34. The molecular formula is C10H10N2O. The number of hydrogen-bond acceptors (Lipinski definition) is 2. The second kappa shape index (κ2) is 2.57. The van der Waals surface area contributed by atoms with E-state index in [-0.39, 0.29) is 0 Å². The predicted molar refractivity (Wildman–Crippen MR) is 49.5 cm³/mol. The van der Waals surface area contributed by atoms with Crippen LogP contribution in [0.3, 0.4) is 0 Å². The summed E-state index contributed by atoms with van der Waals surface area (Å²) in [5, 5.41) is 0. The van der Waals surface area contributed by atoms with Crippen LogP contribution < -0.4 is 0 Å². The van der Waals surface area contributed by atoms with Gasteiger partial charge in [-0.1, -0.05) is 0 Å². The highest BCUT2D eigenvalue weighted by molar-refractivity contribution is 5.80. The van der Waals surface area contributed by atoms with Crippen molar-refractivity contribution >= 4 is 11.0 Å². The number of fused-ring (bicyclic) bond motifs is 3. The lowest BCUT2D eigenvalue weighted by atomic mass is 10.1. The molecule has 0 unspecified atom stereocenters. The lowest BCUT2D eigenvalue weighted by Gasteiger charge is -2.11. The van der Waals surface area contributed by atoms with E-state index >= 15 is 0 Å². The summed E-state index contributed by atoms with van der Waals surface area (Å²) in [6.07, 6.45) is 2.80. The summed E-state index contributed by atoms with van der Waals surface area (Å²) in [5.41, 5.74) is 4.72. The van der Waals surface area contributed by atoms with Gasteiger partial charge in [-0.2, -0.15) is 0 Å². The number of pyridine rings is 1. The van der Waals surface area contributed by atoms with E-state index in [4.69, 9.17) is 4.74 Å². The van der Waals surface area contributed by atoms with Crippen LogP contribution in [0.5, 0.6) is 0 Å². The standard InChI is InChI=1S/C10H10N2O/c1-2-9-10(11-4-1)7-6-13-5-3-8(7)12-9/h1-2,4,12H,3,5-6H2. The minimum absolute atomic E-state index is 0.701. The van der Waals surface area contributed by atoms with Crippen LogP contribution >= 0.6 is 0 Å². The molecular weight excluding hydrogens is 164 g/mol. The van der Waals surface area contributed by atoms with Crippen LogP contribution in [0.1, 0.15) is 11.3 Å². The lowest BCUT2D eigenvalue weighted by molar-refractivity contribution is 0.111. The summed E-state index contributed by atoms with van der Waals surface area (Å²) in [4.78, 5) is 7.72. The SMILES string of the molecule is c1cnc2c3c([nH]c2c1)CCOC3. The van der Waals surface area contributed by atoms with Gasteiger partial charge in [-0.25, -0.2) is 0 Å². The highest BCUT2D eigenvalue weighted by atomic mass is 16.5. The quantitative estimate of drug-likeness (QED) is 0.659. The normalized spacial score (nSPS) is 16.0. The first kappa shape index (κ1) is 7.09. The number of hydrogen-bond donors (Lipinski definition) is 1. The fraction of sp³-hybridized carbons (Fsp3) is 0.300. The van der Waals surface area contributed by atoms with Gasteiger partial charge in [0.2, 0.25) is 0 Å². The first-order valence-corrected chi connectivity index (χ1v) is 4.47. The van der Waals surface area contributed by atoms with E-state index in [1.54, 1.807) is 0 Å². The van der Waals surface area contributed by atoms with Gasteiger partial charge in [0.25, 0.3) is 0 Å². The average molecular weight is 174 g/mol. The fourth-order valence-electron chi connectivity index (χ4n) is 1.84. The molecule has 13 heavy (non-hydrogen) atoms. The summed E-state index contributed by atoms with van der Waals surface area (Å²) in [6.45, 7) is 1.52. The Morgan fingerprint density at radius 3 is 3.46 bits per heavy atom. The molecule has 1 aliphatic heterocycles. The van der Waals surface area contributed by atoms with Crippen LogP contribution in [-0.2, 0) is 17.8 Å². The van der Waals surface area contributed by atoms with E-state index in [0.717, 1.165) is 24.1 Å². The van der Waals surface area contributed by atoms with E-state index in [9.17, 15) is 0 Å². The molecule has 2 aromatic heterocycles. The van der Waals surface area contributed by atoms with Gasteiger partial charge in [-0.05, 0) is 12.1 Å². The molecule has 3 nitrogen and oxygen atoms in total. The van der Waals surface area contributed by atoms with Crippen molar-refractivity contribution in [1.29, 1.82) is 0 Å². The Kier molecular flexibility index (Phi) is 1.40. The largest absolute Gasteiger partial charge is 0.376 e. The Bertz CT molecular complexity index is 447. The Labute approximate surface area is 75.7 Å². The van der Waals surface area contributed by atoms with E-state index in [0.29, 0.717) is 6.61 Å². The van der Waals surface area contributed by atoms with Gasteiger partial charge in [0.1, 0.15) is 0 Å². The molecule has 0 atom stereocenters. The molecule has 0 fully saturated rings. The summed E-state index contributed by atoms with van der Waals surface area (Å²) in [5.74, 6) is 0. The summed E-state index contributed by atoms with van der Waals surface area (Å²) < 4.78 is 5.40. The summed E-state index contributed by atoms with van der Waals surface area (Å²) in [7, 11) is 0. The van der Waals surface area contributed by atoms with Gasteiger partial charge in [0.05, 0.1) is 24.2 Å². The molecule has 0 aromatic carbocycles. The number of aromatic amines is 1. The highest BCUT2D eigenvalue weighted by Gasteiger charge is 2.15. The molecule has 0 radical (unpaired) electrons. The molecule has 1 N–H and O–H groups in total. The smallest absolute Gasteiger partial charge is 0.0936 e. The first-order chi connectivity index (χ1) is 6.45. The number of nitrogens with zero attached hydrogens (tertiary/aromatic N) is 1. The predicted octanol–water partition coefficient (Wildman–Crippen LogP) is 1.64. The Hall–Kier alpha value is -1.35. The maximum atomic E-state index is 5.40. The third-order valence-corrected chi connectivity index (χ3v) is 2.49. The minimum Gasteiger partial charge on any atom is -0.376 e. The summed E-state index contributed by atoms with van der Waals surface area (Å²) in [6, 6.07) is 4.01. The Morgan fingerprint density at radius 2 is 2.46 bits per heavy atom. The maximum Gasteiger partial charge on any atom is 0.0936 e. The van der Waals surface area contributed by atoms with Crippen LogP contribution in [-0.4, -0.2) is 16.6 Å². The zero-order valence-electron chi connectivity index (χ0n) is 7.21. The number of H-pyrrole nitrogens is 1. The zero-order valence-corrected chi connectivity index (χ0v) is 7.21. The molecule has 3 heterocycles. The van der Waals surface area contributed by atoms with Crippen molar-refractivity contribution in [2.75, 3.05) is 6.61 Å². The third-order valence-electron chi connectivity index (χ3n) is 2.49. The monoisotopic (exact) mass is 174 g/mol. The van der Waals surface area contributed by atoms with Crippen molar-refractivity contribution in [3.8, 4) is 0 Å². The topological polar surface area (TPSA) is 37.9 Å². The van der Waals surface area contributed by atoms with Crippen LogP contribution in [0.2, 0.25) is 0 Å². The lowest BCUT2D eigenvalue weighted by Crippen LogP contribution is -2.08. The number of ether oxygens (including phenoxy) is 1. The minimum atomic E-state index is 0.701. The molecule has 0 aliphatic carbocycles. The van der Waals surface area contributed by atoms with E-state index in [1.807, 2.05) is 12.3 Å². The Morgan fingerprint density at radius 1 is 1.46 bits per heavy atom. The number of rotatable bonds is 0. The van der Waals surface area contributed by atoms with Gasteiger partial charge >= 0.3 is 0 Å².